The summed E-state index contributed by atoms with van der Waals surface area (Å²) in [6, 6.07) is 0. The van der Waals surface area contributed by atoms with Gasteiger partial charge in [-0.05, 0) is 12.8 Å². The highest BCUT2D eigenvalue weighted by atomic mass is 32.1. The third kappa shape index (κ3) is 1.47. The molecule has 1 heterocycles. The first-order valence-corrected chi connectivity index (χ1v) is 5.96. The van der Waals surface area contributed by atoms with Gasteiger partial charge in [0.2, 0.25) is 0 Å². The molecule has 0 saturated heterocycles. The topological polar surface area (TPSA) is 59.1 Å². The van der Waals surface area contributed by atoms with Gasteiger partial charge in [0.25, 0.3) is 0 Å². The highest BCUT2D eigenvalue weighted by molar-refractivity contribution is 7.09. The van der Waals surface area contributed by atoms with Crippen LogP contribution in [0.1, 0.15) is 30.7 Å². The van der Waals surface area contributed by atoms with Crippen LogP contribution in [0.5, 0.6) is 0 Å². The molecule has 14 heavy (non-hydrogen) atoms. The Labute approximate surface area is 88.0 Å². The fourth-order valence-corrected chi connectivity index (χ4v) is 3.19. The van der Waals surface area contributed by atoms with Gasteiger partial charge in [0.05, 0.1) is 11.5 Å². The van der Waals surface area contributed by atoms with Crippen LogP contribution in [0.3, 0.4) is 0 Å². The Morgan fingerprint density at radius 3 is 3.07 bits per heavy atom. The van der Waals surface area contributed by atoms with Crippen LogP contribution in [0.4, 0.5) is 0 Å². The minimum Gasteiger partial charge on any atom is -0.392 e. The second-order valence-electron chi connectivity index (χ2n) is 3.96. The Bertz CT molecular complexity index is 288. The van der Waals surface area contributed by atoms with Crippen molar-refractivity contribution in [3.63, 3.8) is 0 Å². The number of aromatic nitrogens is 1. The Kier molecular flexibility index (Phi) is 2.85. The molecule has 2 atom stereocenters. The van der Waals surface area contributed by atoms with Gasteiger partial charge in [0.15, 0.2) is 0 Å². The van der Waals surface area contributed by atoms with E-state index in [0.29, 0.717) is 6.54 Å². The van der Waals surface area contributed by atoms with Crippen LogP contribution >= 0.6 is 11.3 Å². The molecule has 3 nitrogen and oxygen atoms in total. The SMILES string of the molecule is NCC1(c2nccs2)CCCCC1O. The summed E-state index contributed by atoms with van der Waals surface area (Å²) in [6.45, 7) is 0.502. The van der Waals surface area contributed by atoms with E-state index < -0.39 is 0 Å². The van der Waals surface area contributed by atoms with Crippen LogP contribution in [0, 0.1) is 0 Å². The van der Waals surface area contributed by atoms with Gasteiger partial charge in [-0.25, -0.2) is 4.98 Å². The Balaban J connectivity index is 2.32. The van der Waals surface area contributed by atoms with Gasteiger partial charge >= 0.3 is 0 Å². The van der Waals surface area contributed by atoms with Gasteiger partial charge < -0.3 is 10.8 Å². The zero-order valence-corrected chi connectivity index (χ0v) is 8.96. The fraction of sp³-hybridized carbons (Fsp3) is 0.700. The molecule has 0 radical (unpaired) electrons. The molecule has 0 bridgehead atoms. The third-order valence-corrected chi connectivity index (χ3v) is 4.20. The van der Waals surface area contributed by atoms with E-state index in [9.17, 15) is 5.11 Å². The van der Waals surface area contributed by atoms with Crippen LogP contribution in [0.25, 0.3) is 0 Å². The molecule has 0 amide bonds. The molecule has 0 spiro atoms. The molecule has 2 unspecified atom stereocenters. The van der Waals surface area contributed by atoms with Crippen molar-refractivity contribution in [1.29, 1.82) is 0 Å². The lowest BCUT2D eigenvalue weighted by Crippen LogP contribution is -2.47. The maximum atomic E-state index is 10.1. The van der Waals surface area contributed by atoms with Crippen molar-refractivity contribution in [3.05, 3.63) is 16.6 Å². The molecule has 4 heteroatoms. The first-order valence-electron chi connectivity index (χ1n) is 5.08. The van der Waals surface area contributed by atoms with Crippen molar-refractivity contribution >= 4 is 11.3 Å². The van der Waals surface area contributed by atoms with Crippen molar-refractivity contribution in [2.24, 2.45) is 5.73 Å². The molecular weight excluding hydrogens is 196 g/mol. The summed E-state index contributed by atoms with van der Waals surface area (Å²) in [7, 11) is 0. The second-order valence-corrected chi connectivity index (χ2v) is 4.85. The molecule has 1 fully saturated rings. The standard InChI is InChI=1S/C10H16N2OS/c11-7-10(9-12-5-6-14-9)4-2-1-3-8(10)13/h5-6,8,13H,1-4,7,11H2. The second kappa shape index (κ2) is 3.96. The lowest BCUT2D eigenvalue weighted by Gasteiger charge is -2.38. The summed E-state index contributed by atoms with van der Waals surface area (Å²) in [5.74, 6) is 0. The Morgan fingerprint density at radius 1 is 1.64 bits per heavy atom. The number of aliphatic hydroxyl groups is 1. The number of nitrogens with two attached hydrogens (primary N) is 1. The minimum absolute atomic E-state index is 0.258. The zero-order chi connectivity index (χ0) is 10.0. The van der Waals surface area contributed by atoms with Crippen LogP contribution in [0.2, 0.25) is 0 Å². The molecule has 1 aromatic rings. The molecule has 2 rings (SSSR count). The fourth-order valence-electron chi connectivity index (χ4n) is 2.27. The summed E-state index contributed by atoms with van der Waals surface area (Å²) in [6.07, 6.45) is 5.56. The maximum Gasteiger partial charge on any atom is 0.103 e. The number of thiazole rings is 1. The van der Waals surface area contributed by atoms with Crippen molar-refractivity contribution in [1.82, 2.24) is 4.98 Å². The van der Waals surface area contributed by atoms with E-state index >= 15 is 0 Å². The number of rotatable bonds is 2. The zero-order valence-electron chi connectivity index (χ0n) is 8.15. The minimum atomic E-state index is -0.313. The number of aliphatic hydroxyl groups excluding tert-OH is 1. The molecule has 3 N–H and O–H groups in total. The molecule has 0 aliphatic heterocycles. The molecular formula is C10H16N2OS. The largest absolute Gasteiger partial charge is 0.392 e. The van der Waals surface area contributed by atoms with Crippen LogP contribution in [-0.4, -0.2) is 22.7 Å². The van der Waals surface area contributed by atoms with E-state index in [1.807, 2.05) is 5.38 Å². The summed E-state index contributed by atoms with van der Waals surface area (Å²) >= 11 is 1.61. The van der Waals surface area contributed by atoms with E-state index in [1.54, 1.807) is 17.5 Å². The van der Waals surface area contributed by atoms with E-state index in [4.69, 9.17) is 5.73 Å². The Morgan fingerprint density at radius 2 is 2.50 bits per heavy atom. The maximum absolute atomic E-state index is 10.1. The summed E-state index contributed by atoms with van der Waals surface area (Å²) in [4.78, 5) is 4.31. The van der Waals surface area contributed by atoms with Crippen LogP contribution < -0.4 is 5.73 Å². The van der Waals surface area contributed by atoms with E-state index in [0.717, 1.165) is 30.7 Å². The number of hydrogen-bond donors (Lipinski definition) is 2. The third-order valence-electron chi connectivity index (χ3n) is 3.21. The van der Waals surface area contributed by atoms with Crippen LogP contribution in [-0.2, 0) is 5.41 Å². The van der Waals surface area contributed by atoms with E-state index in [2.05, 4.69) is 4.98 Å². The lowest BCUT2D eigenvalue weighted by molar-refractivity contribution is 0.0462. The predicted octanol–water partition coefficient (Wildman–Crippen LogP) is 1.27. The predicted molar refractivity (Wildman–Crippen MR) is 57.3 cm³/mol. The normalized spacial score (nSPS) is 33.1. The quantitative estimate of drug-likeness (QED) is 0.776. The highest BCUT2D eigenvalue weighted by Crippen LogP contribution is 2.39. The Hall–Kier alpha value is -0.450. The molecule has 1 saturated carbocycles. The van der Waals surface area contributed by atoms with Crippen LogP contribution in [0.15, 0.2) is 11.6 Å². The van der Waals surface area contributed by atoms with Gasteiger partial charge in [0, 0.05) is 18.1 Å². The van der Waals surface area contributed by atoms with Crippen molar-refractivity contribution in [2.45, 2.75) is 37.2 Å². The average Bonchev–Trinajstić information content (AvgIpc) is 2.72. The summed E-state index contributed by atoms with van der Waals surface area (Å²) < 4.78 is 0. The van der Waals surface area contributed by atoms with Gasteiger partial charge in [-0.15, -0.1) is 11.3 Å². The summed E-state index contributed by atoms with van der Waals surface area (Å²) in [5.41, 5.74) is 5.57. The lowest BCUT2D eigenvalue weighted by atomic mass is 9.72. The van der Waals surface area contributed by atoms with Gasteiger partial charge in [-0.2, -0.15) is 0 Å². The number of hydrogen-bond acceptors (Lipinski definition) is 4. The highest BCUT2D eigenvalue weighted by Gasteiger charge is 2.42. The first kappa shape index (κ1) is 10.1. The van der Waals surface area contributed by atoms with E-state index in [-0.39, 0.29) is 11.5 Å². The average molecular weight is 212 g/mol. The smallest absolute Gasteiger partial charge is 0.103 e. The van der Waals surface area contributed by atoms with Crippen molar-refractivity contribution < 1.29 is 5.11 Å². The van der Waals surface area contributed by atoms with E-state index in [1.165, 1.54) is 0 Å². The van der Waals surface area contributed by atoms with Crippen molar-refractivity contribution in [3.8, 4) is 0 Å². The molecule has 78 valence electrons. The first-order chi connectivity index (χ1) is 6.79. The molecule has 1 aliphatic rings. The number of nitrogens with zero attached hydrogens (tertiary/aromatic N) is 1. The molecule has 1 aromatic heterocycles. The molecule has 1 aliphatic carbocycles. The van der Waals surface area contributed by atoms with Gasteiger partial charge in [-0.1, -0.05) is 12.8 Å². The monoisotopic (exact) mass is 212 g/mol. The van der Waals surface area contributed by atoms with Gasteiger partial charge in [0.1, 0.15) is 5.01 Å². The van der Waals surface area contributed by atoms with Crippen molar-refractivity contribution in [2.75, 3.05) is 6.54 Å². The summed E-state index contributed by atoms with van der Waals surface area (Å²) in [5, 5.41) is 13.0. The molecule has 0 aromatic carbocycles. The van der Waals surface area contributed by atoms with Gasteiger partial charge in [-0.3, -0.25) is 0 Å².